The fourth-order valence-corrected chi connectivity index (χ4v) is 8.92. The van der Waals surface area contributed by atoms with Crippen molar-refractivity contribution in [2.45, 2.75) is 6.92 Å². The SMILES string of the molecule is C=Cc1c(/C=C\C)c2c(c3ccccc13)-c1cccc3ccc4c(c13)c1c-2cccc1n4-c1ccc(-c2nc(-c3ccccc3)nc(-c3ccccc3)n2)cc1. The molecule has 0 N–H and O–H groups in total. The summed E-state index contributed by atoms with van der Waals surface area (Å²) in [5.74, 6) is 1.93. The predicted molar refractivity (Wildman–Crippen MR) is 235 cm³/mol. The average molecular weight is 715 g/mol. The van der Waals surface area contributed by atoms with Crippen LogP contribution in [0.1, 0.15) is 18.1 Å². The molecule has 0 unspecified atom stereocenters. The lowest BCUT2D eigenvalue weighted by molar-refractivity contribution is 1.07. The van der Waals surface area contributed by atoms with Gasteiger partial charge in [0.15, 0.2) is 17.5 Å². The van der Waals surface area contributed by atoms with Crippen molar-refractivity contribution >= 4 is 55.5 Å². The minimum absolute atomic E-state index is 0.636. The molecule has 0 atom stereocenters. The maximum Gasteiger partial charge on any atom is 0.164 e. The lowest BCUT2D eigenvalue weighted by Gasteiger charge is -2.21. The van der Waals surface area contributed by atoms with E-state index in [1.54, 1.807) is 0 Å². The highest BCUT2D eigenvalue weighted by atomic mass is 15.0. The molecular formula is C52H34N4. The number of hydrogen-bond donors (Lipinski definition) is 0. The standard InChI is InChI=1S/C52H34N4/c1-3-15-39-37(4-2)38-21-11-12-22-40(38)47-41-23-13-20-32-28-31-44-49(45(32)41)48-42(46(39)47)24-14-25-43(48)56(44)36-29-26-35(27-30-36)52-54-50(33-16-7-5-8-17-33)53-51(55-52)34-18-9-6-10-19-34/h3-31H,2H2,1H3/b15-3-. The molecule has 0 bridgehead atoms. The Balaban J connectivity index is 1.16. The molecule has 10 aromatic rings. The van der Waals surface area contributed by atoms with E-state index in [9.17, 15) is 0 Å². The first-order valence-electron chi connectivity index (χ1n) is 19.0. The minimum Gasteiger partial charge on any atom is -0.309 e. The number of fused-ring (bicyclic) bond motifs is 5. The van der Waals surface area contributed by atoms with Gasteiger partial charge in [-0.25, -0.2) is 15.0 Å². The normalized spacial score (nSPS) is 12.0. The largest absolute Gasteiger partial charge is 0.309 e. The van der Waals surface area contributed by atoms with Gasteiger partial charge in [-0.2, -0.15) is 0 Å². The van der Waals surface area contributed by atoms with Crippen LogP contribution in [0, 0.1) is 0 Å². The van der Waals surface area contributed by atoms with Crippen molar-refractivity contribution in [1.29, 1.82) is 0 Å². The third kappa shape index (κ3) is 4.69. The molecule has 262 valence electrons. The van der Waals surface area contributed by atoms with E-state index >= 15 is 0 Å². The lowest BCUT2D eigenvalue weighted by Crippen LogP contribution is -2.00. The van der Waals surface area contributed by atoms with Gasteiger partial charge in [0.1, 0.15) is 0 Å². The topological polar surface area (TPSA) is 43.6 Å². The molecule has 1 aliphatic rings. The number of benzene rings is 8. The van der Waals surface area contributed by atoms with Gasteiger partial charge in [0.2, 0.25) is 0 Å². The second-order valence-corrected chi connectivity index (χ2v) is 14.3. The Kier molecular flexibility index (Phi) is 7.20. The van der Waals surface area contributed by atoms with Crippen molar-refractivity contribution in [2.75, 3.05) is 0 Å². The Hall–Kier alpha value is -7.43. The van der Waals surface area contributed by atoms with Gasteiger partial charge in [-0.1, -0.05) is 146 Å². The zero-order valence-corrected chi connectivity index (χ0v) is 30.7. The summed E-state index contributed by atoms with van der Waals surface area (Å²) in [4.78, 5) is 14.9. The molecule has 0 fully saturated rings. The summed E-state index contributed by atoms with van der Waals surface area (Å²) >= 11 is 0. The van der Waals surface area contributed by atoms with Crippen molar-refractivity contribution in [3.05, 3.63) is 182 Å². The first kappa shape index (κ1) is 32.0. The van der Waals surface area contributed by atoms with E-state index in [2.05, 4.69) is 127 Å². The second kappa shape index (κ2) is 12.6. The Labute approximate surface area is 324 Å². The van der Waals surface area contributed by atoms with E-state index in [1.165, 1.54) is 65.7 Å². The van der Waals surface area contributed by atoms with Crippen molar-refractivity contribution in [3.63, 3.8) is 0 Å². The van der Waals surface area contributed by atoms with Gasteiger partial charge in [0, 0.05) is 33.2 Å². The highest BCUT2D eigenvalue weighted by Gasteiger charge is 2.28. The zero-order valence-electron chi connectivity index (χ0n) is 30.7. The van der Waals surface area contributed by atoms with Gasteiger partial charge in [0.05, 0.1) is 11.0 Å². The average Bonchev–Trinajstić information content (AvgIpc) is 3.54. The van der Waals surface area contributed by atoms with Crippen LogP contribution in [0.5, 0.6) is 0 Å². The van der Waals surface area contributed by atoms with E-state index in [4.69, 9.17) is 15.0 Å². The molecule has 0 amide bonds. The Morgan fingerprint density at radius 3 is 1.68 bits per heavy atom. The van der Waals surface area contributed by atoms with Crippen LogP contribution in [0.4, 0.5) is 0 Å². The molecule has 2 aromatic heterocycles. The van der Waals surface area contributed by atoms with Crippen molar-refractivity contribution in [2.24, 2.45) is 0 Å². The van der Waals surface area contributed by atoms with Crippen molar-refractivity contribution in [3.8, 4) is 62.1 Å². The van der Waals surface area contributed by atoms with Gasteiger partial charge in [0.25, 0.3) is 0 Å². The van der Waals surface area contributed by atoms with Gasteiger partial charge < -0.3 is 4.57 Å². The Bertz CT molecular complexity index is 3190. The van der Waals surface area contributed by atoms with Crippen LogP contribution >= 0.6 is 0 Å². The number of nitrogens with zero attached hydrogens (tertiary/aromatic N) is 4. The van der Waals surface area contributed by atoms with Crippen LogP contribution in [-0.2, 0) is 0 Å². The summed E-state index contributed by atoms with van der Waals surface area (Å²) in [7, 11) is 0. The summed E-state index contributed by atoms with van der Waals surface area (Å²) in [6, 6.07) is 55.8. The molecule has 1 aliphatic carbocycles. The smallest absolute Gasteiger partial charge is 0.164 e. The molecule has 0 saturated heterocycles. The molecule has 4 nitrogen and oxygen atoms in total. The molecule has 56 heavy (non-hydrogen) atoms. The monoisotopic (exact) mass is 714 g/mol. The van der Waals surface area contributed by atoms with Gasteiger partial charge in [-0.05, 0) is 98.2 Å². The van der Waals surface area contributed by atoms with Crippen LogP contribution in [0.2, 0.25) is 0 Å². The molecule has 2 heterocycles. The van der Waals surface area contributed by atoms with Gasteiger partial charge in [-0.15, -0.1) is 0 Å². The van der Waals surface area contributed by atoms with Crippen LogP contribution in [0.15, 0.2) is 170 Å². The van der Waals surface area contributed by atoms with E-state index in [0.717, 1.165) is 33.5 Å². The lowest BCUT2D eigenvalue weighted by atomic mass is 9.82. The number of hydrogen-bond acceptors (Lipinski definition) is 3. The molecule has 0 spiro atoms. The van der Waals surface area contributed by atoms with Gasteiger partial charge in [-0.3, -0.25) is 0 Å². The molecule has 11 rings (SSSR count). The molecule has 4 heteroatoms. The summed E-state index contributed by atoms with van der Waals surface area (Å²) in [5, 5.41) is 7.51. The van der Waals surface area contributed by atoms with Gasteiger partial charge >= 0.3 is 0 Å². The maximum atomic E-state index is 4.99. The van der Waals surface area contributed by atoms with Crippen LogP contribution in [0.25, 0.3) is 118 Å². The Morgan fingerprint density at radius 1 is 0.464 bits per heavy atom. The first-order chi connectivity index (χ1) is 27.7. The Morgan fingerprint density at radius 2 is 1.04 bits per heavy atom. The first-order valence-corrected chi connectivity index (χ1v) is 19.0. The third-order valence-corrected chi connectivity index (χ3v) is 11.3. The number of aromatic nitrogens is 4. The van der Waals surface area contributed by atoms with E-state index in [0.29, 0.717) is 17.5 Å². The third-order valence-electron chi connectivity index (χ3n) is 11.3. The summed E-state index contributed by atoms with van der Waals surface area (Å²) < 4.78 is 2.42. The second-order valence-electron chi connectivity index (χ2n) is 14.3. The fourth-order valence-electron chi connectivity index (χ4n) is 8.92. The van der Waals surface area contributed by atoms with E-state index in [-0.39, 0.29) is 0 Å². The highest BCUT2D eigenvalue weighted by molar-refractivity contribution is 6.33. The van der Waals surface area contributed by atoms with E-state index < -0.39 is 0 Å². The maximum absolute atomic E-state index is 4.99. The zero-order chi connectivity index (χ0) is 37.3. The molecule has 0 saturated carbocycles. The van der Waals surface area contributed by atoms with Crippen LogP contribution in [-0.4, -0.2) is 19.5 Å². The number of rotatable bonds is 6. The molecule has 0 radical (unpaired) electrons. The summed E-state index contributed by atoms with van der Waals surface area (Å²) in [6.07, 6.45) is 6.44. The van der Waals surface area contributed by atoms with Crippen LogP contribution in [0.3, 0.4) is 0 Å². The quantitative estimate of drug-likeness (QED) is 0.172. The molecular weight excluding hydrogens is 681 g/mol. The molecule has 0 aliphatic heterocycles. The fraction of sp³-hybridized carbons (Fsp3) is 0.0192. The molecule has 8 aromatic carbocycles. The van der Waals surface area contributed by atoms with Crippen molar-refractivity contribution in [1.82, 2.24) is 19.5 Å². The summed E-state index contributed by atoms with van der Waals surface area (Å²) in [6.45, 7) is 6.42. The number of allylic oxidation sites excluding steroid dienone is 1. The van der Waals surface area contributed by atoms with Crippen LogP contribution < -0.4 is 0 Å². The highest BCUT2D eigenvalue weighted by Crippen LogP contribution is 2.53. The van der Waals surface area contributed by atoms with Crippen molar-refractivity contribution < 1.29 is 0 Å². The van der Waals surface area contributed by atoms with E-state index in [1.807, 2.05) is 66.7 Å². The minimum atomic E-state index is 0.636. The predicted octanol–water partition coefficient (Wildman–Crippen LogP) is 13.6. The summed E-state index contributed by atoms with van der Waals surface area (Å²) in [5.41, 5.74) is 13.6.